The van der Waals surface area contributed by atoms with E-state index in [0.29, 0.717) is 18.0 Å². The second-order valence-corrected chi connectivity index (χ2v) is 6.11. The first-order valence-corrected chi connectivity index (χ1v) is 8.21. The van der Waals surface area contributed by atoms with Crippen LogP contribution in [0.4, 0.5) is 13.2 Å². The van der Waals surface area contributed by atoms with Crippen LogP contribution in [0, 0.1) is 0 Å². The normalized spacial score (nSPS) is 12.0. The number of alkyl halides is 3. The van der Waals surface area contributed by atoms with E-state index in [1.54, 1.807) is 0 Å². The highest BCUT2D eigenvalue weighted by Gasteiger charge is 2.30. The summed E-state index contributed by atoms with van der Waals surface area (Å²) >= 11 is 0. The molecule has 2 aromatic rings. The molecule has 6 nitrogen and oxygen atoms in total. The number of nitrogens with zero attached hydrogens (tertiary/aromatic N) is 3. The van der Waals surface area contributed by atoms with Gasteiger partial charge in [0, 0.05) is 11.6 Å². The molecule has 0 aliphatic rings. The lowest BCUT2D eigenvalue weighted by Crippen LogP contribution is -2.39. The maximum absolute atomic E-state index is 12.6. The number of rotatable bonds is 7. The van der Waals surface area contributed by atoms with E-state index in [1.807, 2.05) is 25.7 Å². The van der Waals surface area contributed by atoms with Crippen LogP contribution in [-0.4, -0.2) is 40.1 Å². The topological polar surface area (TPSA) is 71.3 Å². The third-order valence-corrected chi connectivity index (χ3v) is 3.56. The minimum Gasteiger partial charge on any atom is -0.353 e. The number of likely N-dealkylation sites (N-methyl/N-ethyl adjacent to an activating group) is 1. The highest BCUT2D eigenvalue weighted by Crippen LogP contribution is 2.30. The van der Waals surface area contributed by atoms with Gasteiger partial charge >= 0.3 is 6.18 Å². The Labute approximate surface area is 149 Å². The first-order valence-electron chi connectivity index (χ1n) is 8.21. The number of amides is 1. The molecule has 1 aromatic carbocycles. The number of hydrogen-bond acceptors (Lipinski definition) is 5. The van der Waals surface area contributed by atoms with E-state index in [-0.39, 0.29) is 30.9 Å². The molecule has 2 rings (SSSR count). The molecule has 0 saturated carbocycles. The zero-order chi connectivity index (χ0) is 19.3. The molecule has 0 fully saturated rings. The number of carbonyl (C=O) groups excluding carboxylic acids is 1. The van der Waals surface area contributed by atoms with E-state index < -0.39 is 11.7 Å². The van der Waals surface area contributed by atoms with Crippen LogP contribution < -0.4 is 5.32 Å². The Morgan fingerprint density at radius 3 is 2.46 bits per heavy atom. The van der Waals surface area contributed by atoms with Gasteiger partial charge in [-0.1, -0.05) is 24.2 Å². The molecule has 1 heterocycles. The van der Waals surface area contributed by atoms with E-state index >= 15 is 0 Å². The maximum atomic E-state index is 12.6. The fourth-order valence-electron chi connectivity index (χ4n) is 2.29. The third-order valence-electron chi connectivity index (χ3n) is 3.56. The molecule has 9 heteroatoms. The van der Waals surface area contributed by atoms with Crippen LogP contribution in [0.2, 0.25) is 0 Å². The molecule has 0 spiro atoms. The van der Waals surface area contributed by atoms with Crippen LogP contribution in [0.25, 0.3) is 11.4 Å². The van der Waals surface area contributed by atoms with Gasteiger partial charge in [-0.2, -0.15) is 18.2 Å². The van der Waals surface area contributed by atoms with Crippen LogP contribution in [0.15, 0.2) is 28.8 Å². The van der Waals surface area contributed by atoms with Crippen molar-refractivity contribution >= 4 is 5.91 Å². The fraction of sp³-hybridized carbons (Fsp3) is 0.471. The number of nitrogens with one attached hydrogen (secondary N) is 1. The quantitative estimate of drug-likeness (QED) is 0.811. The predicted molar refractivity (Wildman–Crippen MR) is 89.0 cm³/mol. The van der Waals surface area contributed by atoms with Crippen LogP contribution in [-0.2, 0) is 17.5 Å². The van der Waals surface area contributed by atoms with E-state index in [4.69, 9.17) is 4.52 Å². The SMILES string of the molecule is CCN(CC(=O)NC(C)C)Cc1nc(-c2ccc(C(F)(F)F)cc2)no1. The van der Waals surface area contributed by atoms with Crippen molar-refractivity contribution in [3.05, 3.63) is 35.7 Å². The summed E-state index contributed by atoms with van der Waals surface area (Å²) in [6.45, 7) is 6.71. The summed E-state index contributed by atoms with van der Waals surface area (Å²) in [6, 6.07) is 4.59. The Bertz CT molecular complexity index is 726. The monoisotopic (exact) mass is 370 g/mol. The number of aromatic nitrogens is 2. The van der Waals surface area contributed by atoms with Gasteiger partial charge in [0.05, 0.1) is 18.7 Å². The first-order chi connectivity index (χ1) is 12.2. The standard InChI is InChI=1S/C17H21F3N4O2/c1-4-24(9-14(25)21-11(2)3)10-15-22-16(23-26-15)12-5-7-13(8-6-12)17(18,19)20/h5-8,11H,4,9-10H2,1-3H3,(H,21,25). The molecule has 0 aliphatic carbocycles. The first kappa shape index (κ1) is 19.9. The van der Waals surface area contributed by atoms with Crippen LogP contribution in [0.5, 0.6) is 0 Å². The molecular formula is C17H21F3N4O2. The minimum absolute atomic E-state index is 0.0517. The Kier molecular flexibility index (Phi) is 6.36. The molecule has 142 valence electrons. The second-order valence-electron chi connectivity index (χ2n) is 6.11. The van der Waals surface area contributed by atoms with Gasteiger partial charge in [0.1, 0.15) is 0 Å². The van der Waals surface area contributed by atoms with Gasteiger partial charge < -0.3 is 9.84 Å². The largest absolute Gasteiger partial charge is 0.416 e. The summed E-state index contributed by atoms with van der Waals surface area (Å²) < 4.78 is 43.0. The number of carbonyl (C=O) groups is 1. The summed E-state index contributed by atoms with van der Waals surface area (Å²) in [4.78, 5) is 17.9. The van der Waals surface area contributed by atoms with Gasteiger partial charge in [0.2, 0.25) is 17.6 Å². The average Bonchev–Trinajstić information content (AvgIpc) is 3.01. The molecule has 0 aliphatic heterocycles. The second kappa shape index (κ2) is 8.31. The summed E-state index contributed by atoms with van der Waals surface area (Å²) in [7, 11) is 0. The highest BCUT2D eigenvalue weighted by atomic mass is 19.4. The van der Waals surface area contributed by atoms with Gasteiger partial charge in [-0.25, -0.2) is 0 Å². The molecule has 0 saturated heterocycles. The van der Waals surface area contributed by atoms with Crippen molar-refractivity contribution in [3.63, 3.8) is 0 Å². The van der Waals surface area contributed by atoms with Crippen LogP contribution in [0.3, 0.4) is 0 Å². The van der Waals surface area contributed by atoms with Gasteiger partial charge in [-0.05, 0) is 32.5 Å². The molecule has 0 bridgehead atoms. The summed E-state index contributed by atoms with van der Waals surface area (Å²) in [5.74, 6) is 0.389. The Morgan fingerprint density at radius 1 is 1.27 bits per heavy atom. The van der Waals surface area contributed by atoms with Crippen molar-refractivity contribution in [3.8, 4) is 11.4 Å². The van der Waals surface area contributed by atoms with Crippen LogP contribution >= 0.6 is 0 Å². The average molecular weight is 370 g/mol. The zero-order valence-corrected chi connectivity index (χ0v) is 14.8. The molecule has 1 N–H and O–H groups in total. The number of benzene rings is 1. The maximum Gasteiger partial charge on any atom is 0.416 e. The summed E-state index contributed by atoms with van der Waals surface area (Å²) in [5.41, 5.74) is -0.313. The van der Waals surface area contributed by atoms with E-state index in [9.17, 15) is 18.0 Å². The predicted octanol–water partition coefficient (Wildman–Crippen LogP) is 3.10. The highest BCUT2D eigenvalue weighted by molar-refractivity contribution is 5.78. The van der Waals surface area contributed by atoms with Crippen molar-refractivity contribution in [2.75, 3.05) is 13.1 Å². The Balaban J connectivity index is 2.03. The number of halogens is 3. The van der Waals surface area contributed by atoms with Gasteiger partial charge in [-0.15, -0.1) is 0 Å². The number of hydrogen-bond donors (Lipinski definition) is 1. The Hall–Kier alpha value is -2.42. The lowest BCUT2D eigenvalue weighted by atomic mass is 10.1. The molecule has 1 amide bonds. The molecule has 0 radical (unpaired) electrons. The minimum atomic E-state index is -4.39. The van der Waals surface area contributed by atoms with Crippen LogP contribution in [0.1, 0.15) is 32.2 Å². The van der Waals surface area contributed by atoms with Crippen molar-refractivity contribution in [2.45, 2.75) is 39.5 Å². The lowest BCUT2D eigenvalue weighted by molar-refractivity contribution is -0.137. The molecule has 0 unspecified atom stereocenters. The zero-order valence-electron chi connectivity index (χ0n) is 14.8. The Morgan fingerprint density at radius 2 is 1.92 bits per heavy atom. The van der Waals surface area contributed by atoms with E-state index in [0.717, 1.165) is 12.1 Å². The summed E-state index contributed by atoms with van der Waals surface area (Å²) in [6.07, 6.45) is -4.39. The fourth-order valence-corrected chi connectivity index (χ4v) is 2.29. The molecule has 0 atom stereocenters. The van der Waals surface area contributed by atoms with Crippen molar-refractivity contribution in [2.24, 2.45) is 0 Å². The molecular weight excluding hydrogens is 349 g/mol. The van der Waals surface area contributed by atoms with E-state index in [2.05, 4.69) is 15.5 Å². The lowest BCUT2D eigenvalue weighted by Gasteiger charge is -2.18. The molecule has 26 heavy (non-hydrogen) atoms. The molecule has 1 aromatic heterocycles. The van der Waals surface area contributed by atoms with Crippen molar-refractivity contribution in [1.29, 1.82) is 0 Å². The third kappa shape index (κ3) is 5.55. The van der Waals surface area contributed by atoms with Gasteiger partial charge in [-0.3, -0.25) is 9.69 Å². The van der Waals surface area contributed by atoms with Crippen molar-refractivity contribution < 1.29 is 22.5 Å². The van der Waals surface area contributed by atoms with Crippen molar-refractivity contribution in [1.82, 2.24) is 20.4 Å². The summed E-state index contributed by atoms with van der Waals surface area (Å²) in [5, 5.41) is 6.60. The van der Waals surface area contributed by atoms with Gasteiger partial charge in [0.25, 0.3) is 0 Å². The van der Waals surface area contributed by atoms with E-state index in [1.165, 1.54) is 12.1 Å². The smallest absolute Gasteiger partial charge is 0.353 e. The van der Waals surface area contributed by atoms with Gasteiger partial charge in [0.15, 0.2) is 0 Å².